The Morgan fingerprint density at radius 2 is 1.95 bits per heavy atom. The van der Waals surface area contributed by atoms with Crippen molar-refractivity contribution in [1.82, 2.24) is 20.2 Å². The minimum absolute atomic E-state index is 0.181. The molecule has 2 rings (SSSR count). The molecule has 0 spiro atoms. The molecule has 0 aliphatic heterocycles. The van der Waals surface area contributed by atoms with Gasteiger partial charge in [0.1, 0.15) is 5.82 Å². The standard InChI is InChI=1S/C13H15FN4O2/c14-11-7-5-10(6-8-11)13-15-16-17-18(13)9-3-1-2-4-12(19)20/h5-8H,1-4,9H2,(H,19,20). The summed E-state index contributed by atoms with van der Waals surface area (Å²) in [6.45, 7) is 0.610. The lowest BCUT2D eigenvalue weighted by molar-refractivity contribution is -0.137. The van der Waals surface area contributed by atoms with Crippen LogP contribution in [0.2, 0.25) is 0 Å². The van der Waals surface area contributed by atoms with E-state index in [1.807, 2.05) is 0 Å². The zero-order valence-corrected chi connectivity index (χ0v) is 10.9. The first-order valence-electron chi connectivity index (χ1n) is 6.41. The lowest BCUT2D eigenvalue weighted by atomic mass is 10.2. The zero-order chi connectivity index (χ0) is 14.4. The Morgan fingerprint density at radius 1 is 1.20 bits per heavy atom. The van der Waals surface area contributed by atoms with Gasteiger partial charge in [-0.3, -0.25) is 4.79 Å². The highest BCUT2D eigenvalue weighted by Gasteiger charge is 2.08. The van der Waals surface area contributed by atoms with Crippen LogP contribution in [0.4, 0.5) is 4.39 Å². The van der Waals surface area contributed by atoms with Crippen LogP contribution < -0.4 is 0 Å². The Hall–Kier alpha value is -2.31. The van der Waals surface area contributed by atoms with Gasteiger partial charge in [0, 0.05) is 18.5 Å². The van der Waals surface area contributed by atoms with E-state index < -0.39 is 5.97 Å². The second kappa shape index (κ2) is 6.74. The van der Waals surface area contributed by atoms with Gasteiger partial charge in [0.05, 0.1) is 0 Å². The van der Waals surface area contributed by atoms with Crippen LogP contribution in [0.25, 0.3) is 11.4 Å². The van der Waals surface area contributed by atoms with Gasteiger partial charge in [-0.1, -0.05) is 6.42 Å². The number of benzene rings is 1. The zero-order valence-electron chi connectivity index (χ0n) is 10.9. The van der Waals surface area contributed by atoms with Crippen molar-refractivity contribution >= 4 is 5.97 Å². The molecule has 2 aromatic rings. The van der Waals surface area contributed by atoms with Crippen molar-refractivity contribution in [3.8, 4) is 11.4 Å². The predicted molar refractivity (Wildman–Crippen MR) is 69.3 cm³/mol. The molecule has 1 N–H and O–H groups in total. The molecule has 0 radical (unpaired) electrons. The fraction of sp³-hybridized carbons (Fsp3) is 0.385. The van der Waals surface area contributed by atoms with Crippen LogP contribution in [-0.4, -0.2) is 31.3 Å². The summed E-state index contributed by atoms with van der Waals surface area (Å²) >= 11 is 0. The number of hydrogen-bond acceptors (Lipinski definition) is 4. The number of aromatic nitrogens is 4. The molecule has 106 valence electrons. The summed E-state index contributed by atoms with van der Waals surface area (Å²) in [5.74, 6) is -0.496. The van der Waals surface area contributed by atoms with Gasteiger partial charge in [-0.25, -0.2) is 9.07 Å². The molecule has 20 heavy (non-hydrogen) atoms. The topological polar surface area (TPSA) is 80.9 Å². The summed E-state index contributed by atoms with van der Waals surface area (Å²) in [4.78, 5) is 10.4. The quantitative estimate of drug-likeness (QED) is 0.785. The minimum Gasteiger partial charge on any atom is -0.481 e. The average Bonchev–Trinajstić information content (AvgIpc) is 2.87. The number of aryl methyl sites for hydroxylation is 1. The second-order valence-electron chi connectivity index (χ2n) is 4.44. The summed E-state index contributed by atoms with van der Waals surface area (Å²) in [6, 6.07) is 5.98. The van der Waals surface area contributed by atoms with Gasteiger partial charge in [-0.15, -0.1) is 5.10 Å². The number of hydrogen-bond donors (Lipinski definition) is 1. The third kappa shape index (κ3) is 3.84. The van der Waals surface area contributed by atoms with Crippen LogP contribution in [0.5, 0.6) is 0 Å². The number of carbonyl (C=O) groups is 1. The van der Waals surface area contributed by atoms with Crippen LogP contribution in [-0.2, 0) is 11.3 Å². The van der Waals surface area contributed by atoms with E-state index in [9.17, 15) is 9.18 Å². The van der Waals surface area contributed by atoms with Gasteiger partial charge in [0.15, 0.2) is 5.82 Å². The maximum atomic E-state index is 12.9. The molecular formula is C13H15FN4O2. The molecular weight excluding hydrogens is 263 g/mol. The number of rotatable bonds is 7. The molecule has 0 aliphatic rings. The smallest absolute Gasteiger partial charge is 0.303 e. The van der Waals surface area contributed by atoms with Gasteiger partial charge < -0.3 is 5.11 Å². The van der Waals surface area contributed by atoms with Crippen LogP contribution in [0.3, 0.4) is 0 Å². The number of tetrazole rings is 1. The van der Waals surface area contributed by atoms with Gasteiger partial charge in [0.25, 0.3) is 0 Å². The largest absolute Gasteiger partial charge is 0.481 e. The normalized spacial score (nSPS) is 10.7. The maximum absolute atomic E-state index is 12.9. The first-order chi connectivity index (χ1) is 9.66. The molecule has 0 bridgehead atoms. The Morgan fingerprint density at radius 3 is 2.65 bits per heavy atom. The fourth-order valence-corrected chi connectivity index (χ4v) is 1.88. The van der Waals surface area contributed by atoms with Gasteiger partial charge in [-0.2, -0.15) is 0 Å². The van der Waals surface area contributed by atoms with E-state index >= 15 is 0 Å². The van der Waals surface area contributed by atoms with E-state index in [2.05, 4.69) is 15.5 Å². The van der Waals surface area contributed by atoms with Crippen molar-refractivity contribution in [3.63, 3.8) is 0 Å². The molecule has 0 amide bonds. The van der Waals surface area contributed by atoms with E-state index in [4.69, 9.17) is 5.11 Å². The molecule has 0 aliphatic carbocycles. The summed E-state index contributed by atoms with van der Waals surface area (Å²) in [7, 11) is 0. The highest BCUT2D eigenvalue weighted by Crippen LogP contribution is 2.16. The fourth-order valence-electron chi connectivity index (χ4n) is 1.88. The first-order valence-corrected chi connectivity index (χ1v) is 6.41. The lowest BCUT2D eigenvalue weighted by Gasteiger charge is -2.04. The Kier molecular flexibility index (Phi) is 4.75. The summed E-state index contributed by atoms with van der Waals surface area (Å²) in [5.41, 5.74) is 0.752. The predicted octanol–water partition coefficient (Wildman–Crippen LogP) is 2.12. The SMILES string of the molecule is O=C(O)CCCCCn1nnnc1-c1ccc(F)cc1. The highest BCUT2D eigenvalue weighted by molar-refractivity contribution is 5.66. The van der Waals surface area contributed by atoms with Gasteiger partial charge >= 0.3 is 5.97 Å². The van der Waals surface area contributed by atoms with Gasteiger partial charge in [-0.05, 0) is 47.5 Å². The van der Waals surface area contributed by atoms with Crippen LogP contribution >= 0.6 is 0 Å². The highest BCUT2D eigenvalue weighted by atomic mass is 19.1. The molecule has 0 saturated carbocycles. The van der Waals surface area contributed by atoms with Crippen LogP contribution in [0, 0.1) is 5.82 Å². The third-order valence-electron chi connectivity index (χ3n) is 2.89. The molecule has 0 unspecified atom stereocenters. The minimum atomic E-state index is -0.778. The van der Waals surface area contributed by atoms with Crippen LogP contribution in [0.15, 0.2) is 24.3 Å². The van der Waals surface area contributed by atoms with E-state index in [-0.39, 0.29) is 12.2 Å². The first kappa shape index (κ1) is 14.1. The van der Waals surface area contributed by atoms with Crippen molar-refractivity contribution in [3.05, 3.63) is 30.1 Å². The molecule has 0 fully saturated rings. The molecule has 1 aromatic heterocycles. The number of halogens is 1. The van der Waals surface area contributed by atoms with Gasteiger partial charge in [0.2, 0.25) is 0 Å². The number of nitrogens with zero attached hydrogens (tertiary/aromatic N) is 4. The molecule has 6 nitrogen and oxygen atoms in total. The number of carboxylic acid groups (broad SMARTS) is 1. The molecule has 1 aromatic carbocycles. The number of unbranched alkanes of at least 4 members (excludes halogenated alkanes) is 2. The summed E-state index contributed by atoms with van der Waals surface area (Å²) in [5, 5.41) is 20.0. The molecule has 1 heterocycles. The average molecular weight is 278 g/mol. The van der Waals surface area contributed by atoms with Crippen molar-refractivity contribution in [2.75, 3.05) is 0 Å². The monoisotopic (exact) mass is 278 g/mol. The van der Waals surface area contributed by atoms with E-state index in [0.717, 1.165) is 18.4 Å². The van der Waals surface area contributed by atoms with Crippen molar-refractivity contribution in [1.29, 1.82) is 0 Å². The Labute approximate surface area is 115 Å². The van der Waals surface area contributed by atoms with E-state index in [0.29, 0.717) is 18.8 Å². The van der Waals surface area contributed by atoms with Crippen molar-refractivity contribution < 1.29 is 14.3 Å². The molecule has 7 heteroatoms. The maximum Gasteiger partial charge on any atom is 0.303 e. The third-order valence-corrected chi connectivity index (χ3v) is 2.89. The summed E-state index contributed by atoms with van der Waals surface area (Å²) < 4.78 is 14.5. The van der Waals surface area contributed by atoms with Crippen LogP contribution in [0.1, 0.15) is 25.7 Å². The molecule has 0 saturated heterocycles. The van der Waals surface area contributed by atoms with Crippen molar-refractivity contribution in [2.45, 2.75) is 32.2 Å². The van der Waals surface area contributed by atoms with E-state index in [1.165, 1.54) is 12.1 Å². The Bertz CT molecular complexity index is 568. The number of aliphatic carboxylic acids is 1. The van der Waals surface area contributed by atoms with Crippen molar-refractivity contribution in [2.24, 2.45) is 0 Å². The summed E-state index contributed by atoms with van der Waals surface area (Å²) in [6.07, 6.45) is 2.42. The number of carboxylic acids is 1. The Balaban J connectivity index is 1.92. The molecule has 0 atom stereocenters. The van der Waals surface area contributed by atoms with E-state index in [1.54, 1.807) is 16.8 Å². The second-order valence-corrected chi connectivity index (χ2v) is 4.44. The lowest BCUT2D eigenvalue weighted by Crippen LogP contribution is -2.03.